The van der Waals surface area contributed by atoms with E-state index in [1.165, 1.54) is 0 Å². The minimum absolute atomic E-state index is 0.0236. The van der Waals surface area contributed by atoms with E-state index in [-0.39, 0.29) is 29.1 Å². The zero-order chi connectivity index (χ0) is 11.4. The van der Waals surface area contributed by atoms with Crippen molar-refractivity contribution in [1.29, 1.82) is 0 Å². The van der Waals surface area contributed by atoms with Crippen LogP contribution in [0.2, 0.25) is 0 Å². The van der Waals surface area contributed by atoms with E-state index >= 15 is 0 Å². The van der Waals surface area contributed by atoms with Gasteiger partial charge in [0.2, 0.25) is 0 Å². The molecule has 0 radical (unpaired) electrons. The van der Waals surface area contributed by atoms with Crippen molar-refractivity contribution in [3.63, 3.8) is 0 Å². The van der Waals surface area contributed by atoms with Crippen LogP contribution in [0.1, 0.15) is 40.0 Å². The van der Waals surface area contributed by atoms with E-state index in [4.69, 9.17) is 5.11 Å². The van der Waals surface area contributed by atoms with Gasteiger partial charge in [0.1, 0.15) is 5.78 Å². The van der Waals surface area contributed by atoms with E-state index in [1.54, 1.807) is 0 Å². The molecule has 0 saturated heterocycles. The molecule has 0 aromatic heterocycles. The third-order valence-corrected chi connectivity index (χ3v) is 5.12. The molecule has 2 fully saturated rings. The number of carboxylic acids is 1. The fraction of sp³-hybridized carbons (Fsp3) is 0.833. The van der Waals surface area contributed by atoms with Gasteiger partial charge >= 0.3 is 5.97 Å². The number of hydrogen-bond acceptors (Lipinski definition) is 2. The Morgan fingerprint density at radius 3 is 2.40 bits per heavy atom. The van der Waals surface area contributed by atoms with Crippen molar-refractivity contribution in [3.05, 3.63) is 0 Å². The number of carbonyl (C=O) groups is 2. The van der Waals surface area contributed by atoms with E-state index in [9.17, 15) is 9.59 Å². The molecule has 2 aliphatic carbocycles. The first kappa shape index (κ1) is 10.7. The maximum atomic E-state index is 11.7. The third kappa shape index (κ3) is 1.18. The molecule has 3 unspecified atom stereocenters. The molecular weight excluding hydrogens is 192 g/mol. The molecule has 84 valence electrons. The highest BCUT2D eigenvalue weighted by atomic mass is 16.4. The fourth-order valence-electron chi connectivity index (χ4n) is 3.67. The lowest BCUT2D eigenvalue weighted by Gasteiger charge is -2.37. The van der Waals surface area contributed by atoms with Crippen LogP contribution in [0, 0.1) is 22.7 Å². The molecule has 2 bridgehead atoms. The zero-order valence-corrected chi connectivity index (χ0v) is 9.54. The SMILES string of the molecule is CC1(C)C2CC(CC(=O)O)C1(C)CC2=O. The molecular formula is C12H18O3. The monoisotopic (exact) mass is 210 g/mol. The molecule has 15 heavy (non-hydrogen) atoms. The minimum Gasteiger partial charge on any atom is -0.481 e. The van der Waals surface area contributed by atoms with E-state index in [0.29, 0.717) is 12.2 Å². The average molecular weight is 210 g/mol. The lowest BCUT2D eigenvalue weighted by molar-refractivity contribution is -0.140. The van der Waals surface area contributed by atoms with Gasteiger partial charge in [-0.15, -0.1) is 0 Å². The Hall–Kier alpha value is -0.860. The van der Waals surface area contributed by atoms with Crippen LogP contribution in [-0.2, 0) is 9.59 Å². The van der Waals surface area contributed by atoms with Crippen LogP contribution in [0.5, 0.6) is 0 Å². The molecule has 3 heteroatoms. The summed E-state index contributed by atoms with van der Waals surface area (Å²) in [6.07, 6.45) is 1.56. The second kappa shape index (κ2) is 2.83. The molecule has 3 nitrogen and oxygen atoms in total. The molecule has 0 aromatic carbocycles. The molecule has 0 aromatic rings. The summed E-state index contributed by atoms with van der Waals surface area (Å²) in [5.41, 5.74) is -0.128. The largest absolute Gasteiger partial charge is 0.481 e. The molecule has 1 N–H and O–H groups in total. The lowest BCUT2D eigenvalue weighted by atomic mass is 9.66. The number of carboxylic acid groups (broad SMARTS) is 1. The highest BCUT2D eigenvalue weighted by Crippen LogP contribution is 2.67. The van der Waals surface area contributed by atoms with Gasteiger partial charge in [-0.3, -0.25) is 9.59 Å². The quantitative estimate of drug-likeness (QED) is 0.759. The predicted octanol–water partition coefficient (Wildman–Crippen LogP) is 2.10. The number of aliphatic carboxylic acids is 1. The van der Waals surface area contributed by atoms with Gasteiger partial charge in [-0.25, -0.2) is 0 Å². The van der Waals surface area contributed by atoms with E-state index in [2.05, 4.69) is 20.8 Å². The van der Waals surface area contributed by atoms with Crippen molar-refractivity contribution >= 4 is 11.8 Å². The normalized spacial score (nSPS) is 42.2. The first-order valence-electron chi connectivity index (χ1n) is 5.53. The van der Waals surface area contributed by atoms with Gasteiger partial charge in [-0.05, 0) is 23.2 Å². The van der Waals surface area contributed by atoms with Crippen molar-refractivity contribution < 1.29 is 14.7 Å². The van der Waals surface area contributed by atoms with Crippen molar-refractivity contribution in [2.45, 2.75) is 40.0 Å². The van der Waals surface area contributed by atoms with Gasteiger partial charge < -0.3 is 5.11 Å². The highest BCUT2D eigenvalue weighted by molar-refractivity contribution is 5.87. The Morgan fingerprint density at radius 1 is 1.47 bits per heavy atom. The fourth-order valence-corrected chi connectivity index (χ4v) is 3.67. The molecule has 2 saturated carbocycles. The van der Waals surface area contributed by atoms with Crippen molar-refractivity contribution in [1.82, 2.24) is 0 Å². The van der Waals surface area contributed by atoms with Crippen LogP contribution < -0.4 is 0 Å². The van der Waals surface area contributed by atoms with E-state index in [1.807, 2.05) is 0 Å². The number of rotatable bonds is 2. The van der Waals surface area contributed by atoms with Crippen LogP contribution in [-0.4, -0.2) is 16.9 Å². The Kier molecular flexibility index (Phi) is 2.01. The molecule has 2 aliphatic rings. The van der Waals surface area contributed by atoms with Crippen molar-refractivity contribution in [3.8, 4) is 0 Å². The van der Waals surface area contributed by atoms with Crippen LogP contribution in [0.3, 0.4) is 0 Å². The van der Waals surface area contributed by atoms with Crippen LogP contribution in [0.15, 0.2) is 0 Å². The van der Waals surface area contributed by atoms with E-state index in [0.717, 1.165) is 6.42 Å². The second-order valence-corrected chi connectivity index (χ2v) is 5.87. The first-order chi connectivity index (χ1) is 6.79. The first-order valence-corrected chi connectivity index (χ1v) is 5.53. The topological polar surface area (TPSA) is 54.4 Å². The van der Waals surface area contributed by atoms with Crippen LogP contribution >= 0.6 is 0 Å². The average Bonchev–Trinajstić information content (AvgIpc) is 2.33. The smallest absolute Gasteiger partial charge is 0.303 e. The van der Waals surface area contributed by atoms with Gasteiger partial charge in [0.05, 0.1) is 0 Å². The van der Waals surface area contributed by atoms with Gasteiger partial charge in [0.25, 0.3) is 0 Å². The number of hydrogen-bond donors (Lipinski definition) is 1. The molecule has 0 heterocycles. The summed E-state index contributed by atoms with van der Waals surface area (Å²) in [7, 11) is 0. The summed E-state index contributed by atoms with van der Waals surface area (Å²) in [6, 6.07) is 0. The highest BCUT2D eigenvalue weighted by Gasteiger charge is 2.65. The van der Waals surface area contributed by atoms with Crippen LogP contribution in [0.25, 0.3) is 0 Å². The Labute approximate surface area is 89.9 Å². The molecule has 2 rings (SSSR count). The maximum Gasteiger partial charge on any atom is 0.303 e. The molecule has 3 atom stereocenters. The standard InChI is InChI=1S/C12H18O3/c1-11(2)8-4-7(5-10(14)15)12(11,3)6-9(8)13/h7-8H,4-6H2,1-3H3,(H,14,15). The minimum atomic E-state index is -0.739. The van der Waals surface area contributed by atoms with Gasteiger partial charge in [-0.2, -0.15) is 0 Å². The summed E-state index contributed by atoms with van der Waals surface area (Å²) in [4.78, 5) is 22.5. The third-order valence-electron chi connectivity index (χ3n) is 5.12. The molecule has 0 aliphatic heterocycles. The summed E-state index contributed by atoms with van der Waals surface area (Å²) >= 11 is 0. The van der Waals surface area contributed by atoms with Crippen molar-refractivity contribution in [2.75, 3.05) is 0 Å². The lowest BCUT2D eigenvalue weighted by Crippen LogP contribution is -2.33. The maximum absolute atomic E-state index is 11.7. The van der Waals surface area contributed by atoms with E-state index < -0.39 is 5.97 Å². The Morgan fingerprint density at radius 2 is 2.07 bits per heavy atom. The predicted molar refractivity (Wildman–Crippen MR) is 55.4 cm³/mol. The zero-order valence-electron chi connectivity index (χ0n) is 9.54. The van der Waals surface area contributed by atoms with Gasteiger partial charge in [-0.1, -0.05) is 20.8 Å². The van der Waals surface area contributed by atoms with Gasteiger partial charge in [0, 0.05) is 18.8 Å². The number of fused-ring (bicyclic) bond motifs is 2. The van der Waals surface area contributed by atoms with Crippen LogP contribution in [0.4, 0.5) is 0 Å². The summed E-state index contributed by atoms with van der Waals surface area (Å²) in [5, 5.41) is 8.87. The van der Waals surface area contributed by atoms with Crippen molar-refractivity contribution in [2.24, 2.45) is 22.7 Å². The Balaban J connectivity index is 2.30. The Bertz CT molecular complexity index is 332. The summed E-state index contributed by atoms with van der Waals surface area (Å²) in [5.74, 6) is -0.138. The molecule has 0 amide bonds. The molecule has 0 spiro atoms. The number of ketones is 1. The number of Topliss-reactive ketones (excluding diaryl/α,β-unsaturated/α-hetero) is 1. The van der Waals surface area contributed by atoms with Gasteiger partial charge in [0.15, 0.2) is 0 Å². The second-order valence-electron chi connectivity index (χ2n) is 5.87. The summed E-state index contributed by atoms with van der Waals surface area (Å²) < 4.78 is 0. The summed E-state index contributed by atoms with van der Waals surface area (Å²) in [6.45, 7) is 6.32. The number of carbonyl (C=O) groups excluding carboxylic acids is 1.